The predicted molar refractivity (Wildman–Crippen MR) is 155 cm³/mol. The summed E-state index contributed by atoms with van der Waals surface area (Å²) in [6.45, 7) is 6.22. The number of benzene rings is 1. The van der Waals surface area contributed by atoms with E-state index >= 15 is 0 Å². The molecule has 1 N–H and O–H groups in total. The van der Waals surface area contributed by atoms with Crippen molar-refractivity contribution in [1.82, 2.24) is 24.9 Å². The molecule has 5 rings (SSSR count). The number of hydrogen-bond donors (Lipinski definition) is 1. The number of halogens is 2. The molecule has 2 fully saturated rings. The largest absolute Gasteiger partial charge is 0.481 e. The van der Waals surface area contributed by atoms with Crippen LogP contribution in [0.25, 0.3) is 0 Å². The van der Waals surface area contributed by atoms with Gasteiger partial charge >= 0.3 is 5.97 Å². The summed E-state index contributed by atoms with van der Waals surface area (Å²) in [5.41, 5.74) is 3.25. The Balaban J connectivity index is 0.00000353. The van der Waals surface area contributed by atoms with Crippen LogP contribution in [-0.4, -0.2) is 61.2 Å². The van der Waals surface area contributed by atoms with Gasteiger partial charge in [0.25, 0.3) is 0 Å². The van der Waals surface area contributed by atoms with E-state index in [1.165, 1.54) is 21.1 Å². The summed E-state index contributed by atoms with van der Waals surface area (Å²) in [6.07, 6.45) is 7.94. The molecular formula is C28H37Cl2N5O3S. The lowest BCUT2D eigenvalue weighted by Crippen LogP contribution is -2.53. The number of carboxylic acid groups (broad SMARTS) is 1. The first kappa shape index (κ1) is 29.9. The van der Waals surface area contributed by atoms with Gasteiger partial charge in [0, 0.05) is 47.4 Å². The first-order chi connectivity index (χ1) is 18.4. The van der Waals surface area contributed by atoms with Crippen LogP contribution in [0.2, 0.25) is 5.02 Å². The molecule has 1 aromatic carbocycles. The summed E-state index contributed by atoms with van der Waals surface area (Å²) in [5, 5.41) is 19.6. The number of nitrogens with zero attached hydrogens (tertiary/aromatic N) is 5. The number of carbonyl (C=O) groups is 1. The number of carboxylic acids is 1. The van der Waals surface area contributed by atoms with E-state index in [0.29, 0.717) is 31.5 Å². The van der Waals surface area contributed by atoms with Gasteiger partial charge in [-0.3, -0.25) is 14.4 Å². The van der Waals surface area contributed by atoms with Gasteiger partial charge in [-0.1, -0.05) is 28.9 Å². The Kier molecular flexibility index (Phi) is 10.4. The van der Waals surface area contributed by atoms with E-state index < -0.39 is 5.97 Å². The highest BCUT2D eigenvalue weighted by Gasteiger charge is 2.37. The minimum Gasteiger partial charge on any atom is -0.481 e. The zero-order valence-corrected chi connectivity index (χ0v) is 24.9. The third kappa shape index (κ3) is 7.58. The van der Waals surface area contributed by atoms with Gasteiger partial charge in [-0.25, -0.2) is 4.98 Å². The van der Waals surface area contributed by atoms with Gasteiger partial charge in [0.15, 0.2) is 0 Å². The van der Waals surface area contributed by atoms with Crippen molar-refractivity contribution in [2.24, 2.45) is 0 Å². The fourth-order valence-corrected chi connectivity index (χ4v) is 6.92. The van der Waals surface area contributed by atoms with E-state index in [-0.39, 0.29) is 31.0 Å². The average molecular weight is 595 g/mol. The van der Waals surface area contributed by atoms with Crippen molar-refractivity contribution in [3.05, 3.63) is 62.3 Å². The molecule has 8 nitrogen and oxygen atoms in total. The molecule has 1 aliphatic carbocycles. The van der Waals surface area contributed by atoms with Crippen LogP contribution in [0.5, 0.6) is 0 Å². The van der Waals surface area contributed by atoms with Gasteiger partial charge in [-0.05, 0) is 70.1 Å². The number of aryl methyl sites for hydroxylation is 3. The smallest absolute Gasteiger partial charge is 0.303 e. The zero-order chi connectivity index (χ0) is 26.6. The molecule has 1 saturated heterocycles. The van der Waals surface area contributed by atoms with Gasteiger partial charge in [-0.15, -0.1) is 28.8 Å². The number of thiazole rings is 1. The molecule has 0 unspecified atom stereocenters. The fourth-order valence-electron chi connectivity index (χ4n) is 5.70. The van der Waals surface area contributed by atoms with Gasteiger partial charge in [0.2, 0.25) is 0 Å². The van der Waals surface area contributed by atoms with E-state index in [1.807, 2.05) is 29.7 Å². The lowest BCUT2D eigenvalue weighted by Gasteiger charge is -2.46. The highest BCUT2D eigenvalue weighted by atomic mass is 35.5. The van der Waals surface area contributed by atoms with Crippen molar-refractivity contribution in [3.8, 4) is 0 Å². The summed E-state index contributed by atoms with van der Waals surface area (Å²) >= 11 is 8.00. The van der Waals surface area contributed by atoms with Gasteiger partial charge in [0.05, 0.1) is 23.5 Å². The highest BCUT2D eigenvalue weighted by molar-refractivity contribution is 7.11. The third-order valence-electron chi connectivity index (χ3n) is 7.94. The van der Waals surface area contributed by atoms with Crippen LogP contribution < -0.4 is 0 Å². The molecule has 0 spiro atoms. The Morgan fingerprint density at radius 1 is 1.18 bits per heavy atom. The summed E-state index contributed by atoms with van der Waals surface area (Å²) in [7, 11) is 0. The van der Waals surface area contributed by atoms with Crippen LogP contribution in [-0.2, 0) is 22.5 Å². The van der Waals surface area contributed by atoms with Gasteiger partial charge < -0.3 is 9.84 Å². The zero-order valence-electron chi connectivity index (χ0n) is 22.5. The molecule has 2 atom stereocenters. The molecule has 2 aromatic heterocycles. The van der Waals surface area contributed by atoms with E-state index in [0.717, 1.165) is 49.4 Å². The number of hydrogen-bond acceptors (Lipinski definition) is 7. The molecule has 3 aromatic rings. The average Bonchev–Trinajstić information content (AvgIpc) is 3.52. The molecule has 39 heavy (non-hydrogen) atoms. The SMILES string of the molecule is Cc1nc(C2CCC(N3C[C@H](c4cn(CCCC(=O)O)nn4)OC[C@@H]3Cc3ccc(Cl)cc3)CC2)sc1C.Cl. The molecule has 0 bridgehead atoms. The molecular weight excluding hydrogens is 557 g/mol. The van der Waals surface area contributed by atoms with Crippen molar-refractivity contribution in [1.29, 1.82) is 0 Å². The summed E-state index contributed by atoms with van der Waals surface area (Å²) in [6, 6.07) is 8.91. The Labute approximate surface area is 245 Å². The number of aliphatic carboxylic acids is 1. The lowest BCUT2D eigenvalue weighted by molar-refractivity contribution is -0.137. The molecule has 1 aliphatic heterocycles. The molecule has 3 heterocycles. The fraction of sp³-hybridized carbons (Fsp3) is 0.571. The summed E-state index contributed by atoms with van der Waals surface area (Å²) in [4.78, 5) is 19.7. The third-order valence-corrected chi connectivity index (χ3v) is 9.43. The van der Waals surface area contributed by atoms with Crippen molar-refractivity contribution < 1.29 is 14.6 Å². The second-order valence-electron chi connectivity index (χ2n) is 10.6. The number of aromatic nitrogens is 4. The Bertz CT molecular complexity index is 1210. The van der Waals surface area contributed by atoms with Crippen molar-refractivity contribution in [2.75, 3.05) is 13.2 Å². The molecule has 0 radical (unpaired) electrons. The first-order valence-corrected chi connectivity index (χ1v) is 14.7. The van der Waals surface area contributed by atoms with Crippen molar-refractivity contribution >= 4 is 41.3 Å². The maximum Gasteiger partial charge on any atom is 0.303 e. The molecule has 212 valence electrons. The van der Waals surface area contributed by atoms with E-state index in [9.17, 15) is 4.79 Å². The molecule has 1 saturated carbocycles. The Morgan fingerprint density at radius 3 is 2.59 bits per heavy atom. The van der Waals surface area contributed by atoms with Crippen LogP contribution >= 0.6 is 35.3 Å². The number of morpholine rings is 1. The second kappa shape index (κ2) is 13.5. The normalized spacial score (nSPS) is 23.9. The van der Waals surface area contributed by atoms with E-state index in [2.05, 4.69) is 41.2 Å². The minimum atomic E-state index is -0.793. The monoisotopic (exact) mass is 593 g/mol. The standard InChI is InChI=1S/C28H36ClN5O3S.ClH/c1-18-19(2)38-28(30-18)21-7-11-23(12-8-21)34-16-26(25-15-33(32-31-25)13-3-4-27(35)36)37-17-24(34)14-20-5-9-22(29)10-6-20;/h5-6,9-10,15,21,23-24,26H,3-4,7-8,11-14,16-17H2,1-2H3,(H,35,36);1H/t21?,23?,24-,26+;/m0./s1. The minimum absolute atomic E-state index is 0. The lowest BCUT2D eigenvalue weighted by atomic mass is 9.84. The summed E-state index contributed by atoms with van der Waals surface area (Å²) in [5.74, 6) is -0.237. The number of ether oxygens (including phenoxy) is 1. The molecule has 2 aliphatic rings. The van der Waals surface area contributed by atoms with Crippen LogP contribution in [0.15, 0.2) is 30.5 Å². The van der Waals surface area contributed by atoms with Crippen molar-refractivity contribution in [3.63, 3.8) is 0 Å². The van der Waals surface area contributed by atoms with Gasteiger partial charge in [0.1, 0.15) is 11.8 Å². The van der Waals surface area contributed by atoms with E-state index in [1.54, 1.807) is 4.68 Å². The Morgan fingerprint density at radius 2 is 1.92 bits per heavy atom. The number of rotatable bonds is 9. The first-order valence-electron chi connectivity index (χ1n) is 13.5. The second-order valence-corrected chi connectivity index (χ2v) is 12.3. The summed E-state index contributed by atoms with van der Waals surface area (Å²) < 4.78 is 8.10. The topological polar surface area (TPSA) is 93.4 Å². The molecule has 11 heteroatoms. The molecule has 0 amide bonds. The maximum atomic E-state index is 10.8. The van der Waals surface area contributed by atoms with Crippen LogP contribution in [0.4, 0.5) is 0 Å². The Hall–Kier alpha value is -2.04. The maximum absolute atomic E-state index is 10.8. The van der Waals surface area contributed by atoms with Gasteiger partial charge in [-0.2, -0.15) is 0 Å². The van der Waals surface area contributed by atoms with Crippen molar-refractivity contribution in [2.45, 2.75) is 89.4 Å². The van der Waals surface area contributed by atoms with E-state index in [4.69, 9.17) is 26.4 Å². The van der Waals surface area contributed by atoms with Crippen LogP contribution in [0.3, 0.4) is 0 Å². The quantitative estimate of drug-likeness (QED) is 0.325. The highest BCUT2D eigenvalue weighted by Crippen LogP contribution is 2.39. The van der Waals surface area contributed by atoms with Crippen LogP contribution in [0.1, 0.15) is 77.4 Å². The predicted octanol–water partition coefficient (Wildman–Crippen LogP) is 6.00. The van der Waals surface area contributed by atoms with Crippen LogP contribution in [0, 0.1) is 13.8 Å².